The first-order valence-corrected chi connectivity index (χ1v) is 13.4. The lowest BCUT2D eigenvalue weighted by Crippen LogP contribution is -2.25. The highest BCUT2D eigenvalue weighted by atomic mass is 16.4. The molecular weight excluding hydrogens is 460 g/mol. The van der Waals surface area contributed by atoms with E-state index in [9.17, 15) is 9.59 Å². The van der Waals surface area contributed by atoms with Gasteiger partial charge in [0.15, 0.2) is 0 Å². The number of amides is 1. The van der Waals surface area contributed by atoms with Crippen molar-refractivity contribution >= 4 is 17.6 Å². The number of aryl methyl sites for hydroxylation is 1. The molecule has 3 aromatic carbocycles. The van der Waals surface area contributed by atoms with E-state index in [-0.39, 0.29) is 12.3 Å². The lowest BCUT2D eigenvalue weighted by atomic mass is 9.98. The zero-order chi connectivity index (χ0) is 26.5. The molecule has 0 spiro atoms. The Morgan fingerprint density at radius 1 is 0.811 bits per heavy atom. The van der Waals surface area contributed by atoms with E-state index in [0.717, 1.165) is 40.8 Å². The van der Waals surface area contributed by atoms with Crippen molar-refractivity contribution in [2.45, 2.75) is 71.4 Å². The van der Waals surface area contributed by atoms with Crippen molar-refractivity contribution in [2.24, 2.45) is 0 Å². The number of carbonyl (C=O) groups excluding carboxylic acids is 1. The van der Waals surface area contributed by atoms with Crippen LogP contribution in [0, 0.1) is 0 Å². The number of nitrogens with zero attached hydrogens (tertiary/aromatic N) is 1. The summed E-state index contributed by atoms with van der Waals surface area (Å²) >= 11 is 0. The molecule has 3 aromatic rings. The van der Waals surface area contributed by atoms with Crippen LogP contribution >= 0.6 is 0 Å². The first-order valence-electron chi connectivity index (χ1n) is 13.4. The Balaban J connectivity index is 1.74. The number of carboxylic acids is 1. The Kier molecular flexibility index (Phi) is 11.2. The Hall–Kier alpha value is -3.60. The second-order valence-electron chi connectivity index (χ2n) is 9.73. The van der Waals surface area contributed by atoms with Gasteiger partial charge < -0.3 is 15.3 Å². The summed E-state index contributed by atoms with van der Waals surface area (Å²) in [6, 6.07) is 24.7. The van der Waals surface area contributed by atoms with Gasteiger partial charge in [0.05, 0.1) is 0 Å². The van der Waals surface area contributed by atoms with Gasteiger partial charge in [0, 0.05) is 44.2 Å². The van der Waals surface area contributed by atoms with Crippen molar-refractivity contribution in [3.63, 3.8) is 0 Å². The van der Waals surface area contributed by atoms with E-state index in [0.29, 0.717) is 25.9 Å². The smallest absolute Gasteiger partial charge is 0.303 e. The fourth-order valence-electron chi connectivity index (χ4n) is 4.46. The average molecular weight is 501 g/mol. The lowest BCUT2D eigenvalue weighted by molar-refractivity contribution is -0.137. The van der Waals surface area contributed by atoms with Gasteiger partial charge >= 0.3 is 5.97 Å². The number of nitrogens with one attached hydrogen (secondary N) is 1. The minimum Gasteiger partial charge on any atom is -0.481 e. The summed E-state index contributed by atoms with van der Waals surface area (Å²) in [5.41, 5.74) is 6.35. The third-order valence-electron chi connectivity index (χ3n) is 6.61. The lowest BCUT2D eigenvalue weighted by Gasteiger charge is -2.19. The SMILES string of the molecule is CCCCCCCC(=O)N(C)Cc1cccc(-c2ccc(CCC(=O)O)cc2NCc2ccccc2)c1. The predicted molar refractivity (Wildman–Crippen MR) is 151 cm³/mol. The van der Waals surface area contributed by atoms with Crippen LogP contribution in [0.1, 0.15) is 68.6 Å². The minimum absolute atomic E-state index is 0.103. The van der Waals surface area contributed by atoms with Gasteiger partial charge in [0.2, 0.25) is 5.91 Å². The van der Waals surface area contributed by atoms with Crippen molar-refractivity contribution < 1.29 is 14.7 Å². The molecule has 0 saturated heterocycles. The molecule has 5 heteroatoms. The van der Waals surface area contributed by atoms with Crippen LogP contribution in [-0.2, 0) is 29.1 Å². The van der Waals surface area contributed by atoms with Crippen molar-refractivity contribution in [3.05, 3.63) is 89.5 Å². The van der Waals surface area contributed by atoms with Crippen LogP contribution < -0.4 is 5.32 Å². The average Bonchev–Trinajstić information content (AvgIpc) is 2.91. The van der Waals surface area contributed by atoms with Crippen LogP contribution in [0.2, 0.25) is 0 Å². The molecule has 1 amide bonds. The summed E-state index contributed by atoms with van der Waals surface area (Å²) in [6.07, 6.45) is 6.90. The van der Waals surface area contributed by atoms with Crippen molar-refractivity contribution in [1.29, 1.82) is 0 Å². The Bertz CT molecular complexity index is 1140. The third-order valence-corrected chi connectivity index (χ3v) is 6.61. The molecule has 196 valence electrons. The highest BCUT2D eigenvalue weighted by molar-refractivity contribution is 5.79. The van der Waals surface area contributed by atoms with Crippen molar-refractivity contribution in [2.75, 3.05) is 12.4 Å². The normalized spacial score (nSPS) is 10.8. The molecule has 0 aromatic heterocycles. The summed E-state index contributed by atoms with van der Waals surface area (Å²) in [5, 5.41) is 12.7. The maximum atomic E-state index is 12.6. The van der Waals surface area contributed by atoms with E-state index in [1.807, 2.05) is 42.3 Å². The summed E-state index contributed by atoms with van der Waals surface area (Å²) in [7, 11) is 1.88. The van der Waals surface area contributed by atoms with E-state index in [4.69, 9.17) is 5.11 Å². The molecule has 0 aliphatic carbocycles. The molecule has 5 nitrogen and oxygen atoms in total. The number of unbranched alkanes of at least 4 members (excludes halogenated alkanes) is 4. The summed E-state index contributed by atoms with van der Waals surface area (Å²) in [5.74, 6) is -0.606. The monoisotopic (exact) mass is 500 g/mol. The summed E-state index contributed by atoms with van der Waals surface area (Å²) in [4.78, 5) is 25.5. The van der Waals surface area contributed by atoms with Crippen LogP contribution in [-0.4, -0.2) is 28.9 Å². The van der Waals surface area contributed by atoms with Gasteiger partial charge in [-0.05, 0) is 47.2 Å². The predicted octanol–water partition coefficient (Wildman–Crippen LogP) is 7.30. The molecule has 0 aliphatic rings. The van der Waals surface area contributed by atoms with Gasteiger partial charge in [-0.15, -0.1) is 0 Å². The van der Waals surface area contributed by atoms with Crippen molar-refractivity contribution in [1.82, 2.24) is 4.90 Å². The van der Waals surface area contributed by atoms with E-state index < -0.39 is 5.97 Å². The highest BCUT2D eigenvalue weighted by Crippen LogP contribution is 2.31. The highest BCUT2D eigenvalue weighted by Gasteiger charge is 2.12. The van der Waals surface area contributed by atoms with Gasteiger partial charge in [-0.1, -0.05) is 93.3 Å². The number of aliphatic carboxylic acids is 1. The zero-order valence-corrected chi connectivity index (χ0v) is 22.2. The van der Waals surface area contributed by atoms with E-state index in [1.165, 1.54) is 24.8 Å². The molecule has 0 bridgehead atoms. The van der Waals surface area contributed by atoms with Crippen LogP contribution in [0.3, 0.4) is 0 Å². The largest absolute Gasteiger partial charge is 0.481 e. The van der Waals surface area contributed by atoms with Gasteiger partial charge in [-0.3, -0.25) is 9.59 Å². The fourth-order valence-corrected chi connectivity index (χ4v) is 4.46. The Morgan fingerprint density at radius 3 is 2.32 bits per heavy atom. The molecule has 0 heterocycles. The van der Waals surface area contributed by atoms with Gasteiger partial charge in [-0.2, -0.15) is 0 Å². The number of hydrogen-bond acceptors (Lipinski definition) is 3. The Morgan fingerprint density at radius 2 is 1.57 bits per heavy atom. The molecule has 0 aliphatic heterocycles. The summed E-state index contributed by atoms with van der Waals surface area (Å²) in [6.45, 7) is 3.44. The molecule has 0 unspecified atom stereocenters. The molecular formula is C32H40N2O3. The topological polar surface area (TPSA) is 69.6 Å². The number of carbonyl (C=O) groups is 2. The van der Waals surface area contributed by atoms with Gasteiger partial charge in [0.1, 0.15) is 0 Å². The molecule has 2 N–H and O–H groups in total. The number of anilines is 1. The van der Waals surface area contributed by atoms with Gasteiger partial charge in [-0.25, -0.2) is 0 Å². The first-order chi connectivity index (χ1) is 18.0. The third kappa shape index (κ3) is 9.41. The molecule has 3 rings (SSSR count). The molecule has 0 radical (unpaired) electrons. The van der Waals surface area contributed by atoms with Gasteiger partial charge in [0.25, 0.3) is 0 Å². The molecule has 0 fully saturated rings. The van der Waals surface area contributed by atoms with Crippen LogP contribution in [0.25, 0.3) is 11.1 Å². The molecule has 0 atom stereocenters. The first kappa shape index (κ1) is 28.0. The molecule has 0 saturated carbocycles. The number of hydrogen-bond donors (Lipinski definition) is 2. The van der Waals surface area contributed by atoms with Crippen LogP contribution in [0.15, 0.2) is 72.8 Å². The molecule has 37 heavy (non-hydrogen) atoms. The number of benzene rings is 3. The van der Waals surface area contributed by atoms with E-state index in [2.05, 4.69) is 54.7 Å². The minimum atomic E-state index is -0.796. The zero-order valence-electron chi connectivity index (χ0n) is 22.2. The van der Waals surface area contributed by atoms with Crippen LogP contribution in [0.5, 0.6) is 0 Å². The number of rotatable bonds is 15. The Labute approximate surface area is 221 Å². The number of carboxylic acid groups (broad SMARTS) is 1. The maximum absolute atomic E-state index is 12.6. The summed E-state index contributed by atoms with van der Waals surface area (Å²) < 4.78 is 0. The second kappa shape index (κ2) is 14.8. The maximum Gasteiger partial charge on any atom is 0.303 e. The second-order valence-corrected chi connectivity index (χ2v) is 9.73. The quantitative estimate of drug-likeness (QED) is 0.215. The fraction of sp³-hybridized carbons (Fsp3) is 0.375. The van der Waals surface area contributed by atoms with E-state index >= 15 is 0 Å². The standard InChI is InChI=1S/C32H40N2O3/c1-3-4-5-6-10-16-31(35)34(2)24-27-14-11-15-28(21-27)29-19-17-25(18-20-32(36)37)22-30(29)33-23-26-12-8-7-9-13-26/h7-9,11-15,17,19,21-22,33H,3-6,10,16,18,20,23-24H2,1-2H3,(H,36,37). The van der Waals surface area contributed by atoms with E-state index in [1.54, 1.807) is 0 Å². The van der Waals surface area contributed by atoms with Crippen LogP contribution in [0.4, 0.5) is 5.69 Å². The van der Waals surface area contributed by atoms with Crippen molar-refractivity contribution in [3.8, 4) is 11.1 Å².